The van der Waals surface area contributed by atoms with E-state index in [1.54, 1.807) is 24.3 Å². The fourth-order valence-corrected chi connectivity index (χ4v) is 3.79. The molecule has 0 fully saturated rings. The van der Waals surface area contributed by atoms with Gasteiger partial charge in [-0.15, -0.1) is 0 Å². The molecule has 0 saturated carbocycles. The van der Waals surface area contributed by atoms with Crippen molar-refractivity contribution in [1.29, 1.82) is 0 Å². The number of carbonyl (C=O) groups excluding carboxylic acids is 3. The second-order valence-electron chi connectivity index (χ2n) is 8.96. The Morgan fingerprint density at radius 1 is 0.816 bits per heavy atom. The third-order valence-corrected chi connectivity index (χ3v) is 5.90. The molecule has 38 heavy (non-hydrogen) atoms. The molecule has 0 aliphatic heterocycles. The van der Waals surface area contributed by atoms with Crippen LogP contribution in [0.2, 0.25) is 0 Å². The standard InChI is InChI=1S/C27H32N6O5/c1-17(24(34)33-23(27(37)38)13-19-10-6-3-7-11-19)31-26(36)22(14-20-15-29-16-30-20)32-25(35)21(28)12-18-8-4-2-5-9-18/h2-11,15-17,21-23H,12-14,28H2,1H3,(H,29,30)(H,31,36)(H,32,35)(H,33,34)(H,37,38). The predicted molar refractivity (Wildman–Crippen MR) is 140 cm³/mol. The normalized spacial score (nSPS) is 13.9. The fraction of sp³-hybridized carbons (Fsp3) is 0.296. The number of aromatic nitrogens is 2. The van der Waals surface area contributed by atoms with Crippen molar-refractivity contribution in [3.05, 3.63) is 90.0 Å². The maximum absolute atomic E-state index is 13.1. The molecule has 0 aliphatic rings. The Balaban J connectivity index is 1.63. The lowest BCUT2D eigenvalue weighted by Gasteiger charge is -2.23. The predicted octanol–water partition coefficient (Wildman–Crippen LogP) is 0.324. The van der Waals surface area contributed by atoms with Crippen LogP contribution in [0.15, 0.2) is 73.2 Å². The minimum Gasteiger partial charge on any atom is -0.480 e. The summed E-state index contributed by atoms with van der Waals surface area (Å²) in [4.78, 5) is 57.2. The molecule has 1 aromatic heterocycles. The number of nitrogens with one attached hydrogen (secondary N) is 4. The Kier molecular flexibility index (Phi) is 10.1. The van der Waals surface area contributed by atoms with Gasteiger partial charge in [0.15, 0.2) is 0 Å². The first kappa shape index (κ1) is 28.1. The van der Waals surface area contributed by atoms with Crippen molar-refractivity contribution in [2.45, 2.75) is 50.4 Å². The van der Waals surface area contributed by atoms with E-state index in [-0.39, 0.29) is 19.3 Å². The highest BCUT2D eigenvalue weighted by molar-refractivity contribution is 5.94. The number of nitrogens with two attached hydrogens (primary N) is 1. The number of benzene rings is 2. The van der Waals surface area contributed by atoms with Crippen LogP contribution in [0.1, 0.15) is 23.7 Å². The molecule has 0 aliphatic carbocycles. The summed E-state index contributed by atoms with van der Waals surface area (Å²) < 4.78 is 0. The van der Waals surface area contributed by atoms with Crippen molar-refractivity contribution in [1.82, 2.24) is 25.9 Å². The van der Waals surface area contributed by atoms with Crippen LogP contribution in [-0.2, 0) is 38.4 Å². The molecule has 0 bridgehead atoms. The lowest BCUT2D eigenvalue weighted by atomic mass is 10.0. The minimum absolute atomic E-state index is 0.0791. The molecule has 11 heteroatoms. The van der Waals surface area contributed by atoms with Crippen LogP contribution in [0.5, 0.6) is 0 Å². The number of hydrogen-bond acceptors (Lipinski definition) is 6. The summed E-state index contributed by atoms with van der Waals surface area (Å²) in [5, 5.41) is 17.3. The summed E-state index contributed by atoms with van der Waals surface area (Å²) in [6.45, 7) is 1.44. The van der Waals surface area contributed by atoms with Crippen molar-refractivity contribution in [3.8, 4) is 0 Å². The van der Waals surface area contributed by atoms with Crippen LogP contribution in [0, 0.1) is 0 Å². The number of amides is 3. The Bertz CT molecular complexity index is 1200. The van der Waals surface area contributed by atoms with Crippen LogP contribution in [0.25, 0.3) is 0 Å². The number of carboxylic acid groups (broad SMARTS) is 1. The third kappa shape index (κ3) is 8.56. The zero-order chi connectivity index (χ0) is 27.5. The summed E-state index contributed by atoms with van der Waals surface area (Å²) in [5.74, 6) is -3.02. The first-order valence-corrected chi connectivity index (χ1v) is 12.2. The van der Waals surface area contributed by atoms with Crippen LogP contribution in [0.4, 0.5) is 0 Å². The SMILES string of the molecule is CC(NC(=O)C(Cc1cnc[nH]1)NC(=O)C(N)Cc1ccccc1)C(=O)NC(Cc1ccccc1)C(=O)O. The Labute approximate surface area is 220 Å². The molecule has 1 heterocycles. The molecule has 3 amide bonds. The Morgan fingerprint density at radius 3 is 1.95 bits per heavy atom. The number of rotatable bonds is 13. The van der Waals surface area contributed by atoms with Gasteiger partial charge in [-0.05, 0) is 24.5 Å². The smallest absolute Gasteiger partial charge is 0.326 e. The molecule has 200 valence electrons. The van der Waals surface area contributed by atoms with Crippen molar-refractivity contribution in [2.75, 3.05) is 0 Å². The Hall–Kier alpha value is -4.51. The summed E-state index contributed by atoms with van der Waals surface area (Å²) in [7, 11) is 0. The van der Waals surface area contributed by atoms with Gasteiger partial charge in [-0.3, -0.25) is 14.4 Å². The molecule has 4 atom stereocenters. The molecule has 0 radical (unpaired) electrons. The van der Waals surface area contributed by atoms with Gasteiger partial charge in [-0.2, -0.15) is 0 Å². The first-order valence-electron chi connectivity index (χ1n) is 12.2. The number of nitrogens with zero attached hydrogens (tertiary/aromatic N) is 1. The second-order valence-corrected chi connectivity index (χ2v) is 8.96. The molecule has 2 aromatic carbocycles. The summed E-state index contributed by atoms with van der Waals surface area (Å²) in [5.41, 5.74) is 8.29. The number of H-pyrrole nitrogens is 1. The van der Waals surface area contributed by atoms with E-state index in [2.05, 4.69) is 25.9 Å². The molecule has 4 unspecified atom stereocenters. The molecule has 3 aromatic rings. The van der Waals surface area contributed by atoms with E-state index >= 15 is 0 Å². The summed E-state index contributed by atoms with van der Waals surface area (Å²) in [6, 6.07) is 13.9. The summed E-state index contributed by atoms with van der Waals surface area (Å²) in [6.07, 6.45) is 3.41. The van der Waals surface area contributed by atoms with Gasteiger partial charge in [-0.25, -0.2) is 9.78 Å². The van der Waals surface area contributed by atoms with Gasteiger partial charge in [0.1, 0.15) is 18.1 Å². The van der Waals surface area contributed by atoms with Crippen LogP contribution in [-0.4, -0.2) is 62.9 Å². The van der Waals surface area contributed by atoms with Gasteiger partial charge in [0.25, 0.3) is 0 Å². The quantitative estimate of drug-likeness (QED) is 0.188. The van der Waals surface area contributed by atoms with Gasteiger partial charge in [0.05, 0.1) is 12.4 Å². The maximum atomic E-state index is 13.1. The first-order chi connectivity index (χ1) is 18.2. The fourth-order valence-electron chi connectivity index (χ4n) is 3.79. The molecule has 11 nitrogen and oxygen atoms in total. The molecule has 3 rings (SSSR count). The van der Waals surface area contributed by atoms with Crippen LogP contribution in [0.3, 0.4) is 0 Å². The molecule has 0 spiro atoms. The van der Waals surface area contributed by atoms with E-state index in [0.29, 0.717) is 5.69 Å². The van der Waals surface area contributed by atoms with E-state index in [9.17, 15) is 24.3 Å². The third-order valence-electron chi connectivity index (χ3n) is 5.90. The minimum atomic E-state index is -1.20. The van der Waals surface area contributed by atoms with E-state index in [1.165, 1.54) is 19.4 Å². The van der Waals surface area contributed by atoms with Gasteiger partial charge >= 0.3 is 5.97 Å². The van der Waals surface area contributed by atoms with Gasteiger partial charge in [-0.1, -0.05) is 60.7 Å². The zero-order valence-corrected chi connectivity index (χ0v) is 21.0. The zero-order valence-electron chi connectivity index (χ0n) is 21.0. The van der Waals surface area contributed by atoms with Gasteiger partial charge in [0.2, 0.25) is 17.7 Å². The van der Waals surface area contributed by atoms with Crippen LogP contribution < -0.4 is 21.7 Å². The van der Waals surface area contributed by atoms with Gasteiger partial charge in [0, 0.05) is 24.7 Å². The number of aromatic amines is 1. The van der Waals surface area contributed by atoms with E-state index in [1.807, 2.05) is 36.4 Å². The van der Waals surface area contributed by atoms with Crippen molar-refractivity contribution in [2.24, 2.45) is 5.73 Å². The van der Waals surface area contributed by atoms with E-state index in [0.717, 1.165) is 11.1 Å². The number of hydrogen-bond donors (Lipinski definition) is 6. The second kappa shape index (κ2) is 13.7. The van der Waals surface area contributed by atoms with Crippen molar-refractivity contribution >= 4 is 23.7 Å². The monoisotopic (exact) mass is 520 g/mol. The van der Waals surface area contributed by atoms with Crippen molar-refractivity contribution in [3.63, 3.8) is 0 Å². The number of imidazole rings is 1. The Morgan fingerprint density at radius 2 is 1.39 bits per heavy atom. The van der Waals surface area contributed by atoms with Crippen molar-refractivity contribution < 1.29 is 24.3 Å². The largest absolute Gasteiger partial charge is 0.480 e. The molecule has 0 saturated heterocycles. The number of carbonyl (C=O) groups is 4. The molecular formula is C27H32N6O5. The highest BCUT2D eigenvalue weighted by Crippen LogP contribution is 2.06. The van der Waals surface area contributed by atoms with Crippen LogP contribution >= 0.6 is 0 Å². The summed E-state index contributed by atoms with van der Waals surface area (Å²) >= 11 is 0. The van der Waals surface area contributed by atoms with E-state index in [4.69, 9.17) is 5.73 Å². The lowest BCUT2D eigenvalue weighted by molar-refractivity contribution is -0.142. The lowest BCUT2D eigenvalue weighted by Crippen LogP contribution is -2.57. The number of aliphatic carboxylic acids is 1. The molecule has 7 N–H and O–H groups in total. The van der Waals surface area contributed by atoms with E-state index < -0.39 is 47.9 Å². The highest BCUT2D eigenvalue weighted by Gasteiger charge is 2.29. The number of carboxylic acids is 1. The molecular weight excluding hydrogens is 488 g/mol. The average Bonchev–Trinajstić information content (AvgIpc) is 3.42. The van der Waals surface area contributed by atoms with Gasteiger partial charge < -0.3 is 31.8 Å². The topological polar surface area (TPSA) is 179 Å². The maximum Gasteiger partial charge on any atom is 0.326 e. The average molecular weight is 521 g/mol. The highest BCUT2D eigenvalue weighted by atomic mass is 16.4.